The Morgan fingerprint density at radius 1 is 1.00 bits per heavy atom. The molecule has 0 bridgehead atoms. The van der Waals surface area contributed by atoms with Gasteiger partial charge in [0.15, 0.2) is 0 Å². The summed E-state index contributed by atoms with van der Waals surface area (Å²) in [4.78, 5) is 21.7. The number of rotatable bonds is 5. The zero-order valence-electron chi connectivity index (χ0n) is 23.3. The minimum absolute atomic E-state index is 0.0227. The summed E-state index contributed by atoms with van der Waals surface area (Å²) in [5, 5.41) is 0.713. The molecule has 5 nitrogen and oxygen atoms in total. The third-order valence-electron chi connectivity index (χ3n) is 9.37. The van der Waals surface area contributed by atoms with Crippen LogP contribution in [0.2, 0.25) is 5.02 Å². The lowest BCUT2D eigenvalue weighted by molar-refractivity contribution is -0.136. The molecule has 6 heteroatoms. The summed E-state index contributed by atoms with van der Waals surface area (Å²) >= 11 is 6.25. The van der Waals surface area contributed by atoms with Gasteiger partial charge in [0.25, 0.3) is 0 Å². The molecule has 1 saturated carbocycles. The van der Waals surface area contributed by atoms with Crippen molar-refractivity contribution in [3.05, 3.63) is 53.4 Å². The summed E-state index contributed by atoms with van der Waals surface area (Å²) in [6, 6.07) is 10.9. The lowest BCUT2D eigenvalue weighted by Gasteiger charge is -2.43. The Labute approximate surface area is 228 Å². The van der Waals surface area contributed by atoms with E-state index in [0.717, 1.165) is 50.3 Å². The highest BCUT2D eigenvalue weighted by atomic mass is 35.5. The van der Waals surface area contributed by atoms with E-state index in [4.69, 9.17) is 16.0 Å². The third-order valence-corrected chi connectivity index (χ3v) is 9.63. The maximum Gasteiger partial charge on any atom is 0.234 e. The smallest absolute Gasteiger partial charge is 0.234 e. The standard InChI is InChI=1S/C31H44ClN3O2/c1-29(2,3)34-18-16-31(22-34,23-6-8-24(32)9-7-23)28(36)33-17-12-26(20-33)35(27-13-19-37-21-27)25-10-14-30(4,5)15-11-25/h6-9,13,19,21,25-26H,10-12,14-18,20,22H2,1-5H3/t26-,31?/m0/s1. The van der Waals surface area contributed by atoms with E-state index >= 15 is 0 Å². The van der Waals surface area contributed by atoms with Gasteiger partial charge in [0, 0.05) is 48.8 Å². The van der Waals surface area contributed by atoms with Crippen molar-refractivity contribution in [2.24, 2.45) is 5.41 Å². The van der Waals surface area contributed by atoms with Crippen molar-refractivity contribution >= 4 is 23.2 Å². The Morgan fingerprint density at radius 3 is 2.30 bits per heavy atom. The fraction of sp³-hybridized carbons (Fsp3) is 0.645. The van der Waals surface area contributed by atoms with Gasteiger partial charge in [-0.3, -0.25) is 9.69 Å². The molecule has 2 aromatic rings. The molecule has 2 atom stereocenters. The molecule has 0 radical (unpaired) electrons. The number of hydrogen-bond acceptors (Lipinski definition) is 4. The van der Waals surface area contributed by atoms with Crippen molar-refractivity contribution in [2.75, 3.05) is 31.1 Å². The topological polar surface area (TPSA) is 39.9 Å². The Hall–Kier alpha value is -1.98. The highest BCUT2D eigenvalue weighted by molar-refractivity contribution is 6.30. The number of likely N-dealkylation sites (tertiary alicyclic amines) is 2. The van der Waals surface area contributed by atoms with Crippen molar-refractivity contribution in [3.63, 3.8) is 0 Å². The first-order valence-electron chi connectivity index (χ1n) is 14.1. The van der Waals surface area contributed by atoms with Gasteiger partial charge in [-0.2, -0.15) is 0 Å². The van der Waals surface area contributed by atoms with Crippen LogP contribution in [0.15, 0.2) is 47.3 Å². The van der Waals surface area contributed by atoms with E-state index in [1.165, 1.54) is 25.7 Å². The van der Waals surface area contributed by atoms with E-state index in [9.17, 15) is 4.79 Å². The summed E-state index contributed by atoms with van der Waals surface area (Å²) in [5.41, 5.74) is 2.18. The first-order valence-corrected chi connectivity index (χ1v) is 14.5. The molecule has 1 aliphatic carbocycles. The number of halogens is 1. The zero-order valence-corrected chi connectivity index (χ0v) is 24.1. The molecule has 1 amide bonds. The number of nitrogens with zero attached hydrogens (tertiary/aromatic N) is 3. The van der Waals surface area contributed by atoms with Crippen LogP contribution in [0.5, 0.6) is 0 Å². The summed E-state index contributed by atoms with van der Waals surface area (Å²) in [5.74, 6) is 0.279. The van der Waals surface area contributed by atoms with E-state index in [-0.39, 0.29) is 11.4 Å². The summed E-state index contributed by atoms with van der Waals surface area (Å²) in [6.07, 6.45) is 10.4. The van der Waals surface area contributed by atoms with E-state index in [1.54, 1.807) is 6.26 Å². The molecule has 0 N–H and O–H groups in total. The van der Waals surface area contributed by atoms with Gasteiger partial charge in [-0.25, -0.2) is 0 Å². The molecule has 202 valence electrons. The second-order valence-corrected chi connectivity index (χ2v) is 13.8. The molecule has 3 fully saturated rings. The maximum absolute atomic E-state index is 14.5. The van der Waals surface area contributed by atoms with Gasteiger partial charge in [0.2, 0.25) is 5.91 Å². The molecule has 1 unspecified atom stereocenters. The minimum Gasteiger partial charge on any atom is -0.470 e. The largest absolute Gasteiger partial charge is 0.470 e. The first-order chi connectivity index (χ1) is 17.5. The molecule has 0 spiro atoms. The van der Waals surface area contributed by atoms with Crippen LogP contribution in [-0.2, 0) is 10.2 Å². The number of amides is 1. The predicted molar refractivity (Wildman–Crippen MR) is 151 cm³/mol. The lowest BCUT2D eigenvalue weighted by Crippen LogP contribution is -2.51. The Bertz CT molecular complexity index is 1060. The van der Waals surface area contributed by atoms with Crippen molar-refractivity contribution in [1.82, 2.24) is 9.80 Å². The highest BCUT2D eigenvalue weighted by Gasteiger charge is 2.51. The van der Waals surface area contributed by atoms with Gasteiger partial charge >= 0.3 is 0 Å². The molecule has 1 aromatic carbocycles. The molecule has 1 aromatic heterocycles. The number of furan rings is 1. The number of anilines is 1. The van der Waals surface area contributed by atoms with Crippen molar-refractivity contribution in [1.29, 1.82) is 0 Å². The number of benzene rings is 1. The van der Waals surface area contributed by atoms with Crippen LogP contribution in [0, 0.1) is 5.41 Å². The van der Waals surface area contributed by atoms with Crippen molar-refractivity contribution < 1.29 is 9.21 Å². The Kier molecular flexibility index (Phi) is 7.17. The number of carbonyl (C=O) groups excluding carboxylic acids is 1. The summed E-state index contributed by atoms with van der Waals surface area (Å²) in [6.45, 7) is 14.8. The van der Waals surface area contributed by atoms with Crippen LogP contribution < -0.4 is 4.90 Å². The fourth-order valence-electron chi connectivity index (χ4n) is 6.93. The molecule has 2 aliphatic heterocycles. The van der Waals surface area contributed by atoms with Crippen LogP contribution in [-0.4, -0.2) is 59.5 Å². The molecule has 3 heterocycles. The van der Waals surface area contributed by atoms with Gasteiger partial charge in [0.05, 0.1) is 17.4 Å². The third kappa shape index (κ3) is 5.31. The molecular formula is C31H44ClN3O2. The SMILES string of the molecule is CC1(C)CCC(N(c2ccoc2)[C@H]2CCN(C(=O)C3(c4ccc(Cl)cc4)CCN(C(C)(C)C)C3)C2)CC1. The average Bonchev–Trinajstić information content (AvgIpc) is 3.62. The van der Waals surface area contributed by atoms with Crippen LogP contribution in [0.1, 0.15) is 78.7 Å². The zero-order chi connectivity index (χ0) is 26.4. The monoisotopic (exact) mass is 525 g/mol. The Balaban J connectivity index is 1.39. The molecular weight excluding hydrogens is 482 g/mol. The number of carbonyl (C=O) groups is 1. The van der Waals surface area contributed by atoms with Gasteiger partial charge in [0.1, 0.15) is 6.26 Å². The summed E-state index contributed by atoms with van der Waals surface area (Å²) in [7, 11) is 0. The van der Waals surface area contributed by atoms with Gasteiger partial charge < -0.3 is 14.2 Å². The molecule has 5 rings (SSSR count). The normalized spacial score (nSPS) is 27.1. The molecule has 37 heavy (non-hydrogen) atoms. The van der Waals surface area contributed by atoms with Gasteiger partial charge in [-0.15, -0.1) is 0 Å². The van der Waals surface area contributed by atoms with Crippen LogP contribution in [0.4, 0.5) is 5.69 Å². The predicted octanol–water partition coefficient (Wildman–Crippen LogP) is 6.75. The first kappa shape index (κ1) is 26.6. The van der Waals surface area contributed by atoms with E-state index in [0.29, 0.717) is 22.5 Å². The van der Waals surface area contributed by atoms with Gasteiger partial charge in [-0.05, 0) is 88.5 Å². The van der Waals surface area contributed by atoms with E-state index in [2.05, 4.69) is 67.5 Å². The van der Waals surface area contributed by atoms with E-state index in [1.807, 2.05) is 18.4 Å². The lowest BCUT2D eigenvalue weighted by atomic mass is 9.75. The average molecular weight is 526 g/mol. The van der Waals surface area contributed by atoms with Crippen LogP contribution >= 0.6 is 11.6 Å². The van der Waals surface area contributed by atoms with Gasteiger partial charge in [-0.1, -0.05) is 37.6 Å². The number of hydrogen-bond donors (Lipinski definition) is 0. The summed E-state index contributed by atoms with van der Waals surface area (Å²) < 4.78 is 5.53. The van der Waals surface area contributed by atoms with Crippen molar-refractivity contribution in [2.45, 2.75) is 96.2 Å². The van der Waals surface area contributed by atoms with E-state index < -0.39 is 5.41 Å². The Morgan fingerprint density at radius 2 is 1.70 bits per heavy atom. The maximum atomic E-state index is 14.5. The second-order valence-electron chi connectivity index (χ2n) is 13.4. The van der Waals surface area contributed by atoms with Crippen LogP contribution in [0.25, 0.3) is 0 Å². The van der Waals surface area contributed by atoms with Crippen LogP contribution in [0.3, 0.4) is 0 Å². The fourth-order valence-corrected chi connectivity index (χ4v) is 7.05. The molecule has 2 saturated heterocycles. The molecule has 3 aliphatic rings. The quantitative estimate of drug-likeness (QED) is 0.433. The second kappa shape index (κ2) is 9.96. The highest BCUT2D eigenvalue weighted by Crippen LogP contribution is 2.42. The minimum atomic E-state index is -0.526. The van der Waals surface area contributed by atoms with Crippen molar-refractivity contribution in [3.8, 4) is 0 Å².